The fourth-order valence-electron chi connectivity index (χ4n) is 9.18. The van der Waals surface area contributed by atoms with Crippen LogP contribution in [0.5, 0.6) is 0 Å². The number of carbonyl (C=O) groups is 1. The number of aliphatic hydroxyl groups is 3. The molecule has 0 bridgehead atoms. The van der Waals surface area contributed by atoms with E-state index in [1.807, 2.05) is 0 Å². The Labute approximate surface area is 210 Å². The van der Waals surface area contributed by atoms with Gasteiger partial charge in [-0.3, -0.25) is 9.35 Å². The van der Waals surface area contributed by atoms with Gasteiger partial charge in [-0.1, -0.05) is 20.8 Å². The number of aliphatic hydroxyl groups excluding tert-OH is 2. The van der Waals surface area contributed by atoms with Gasteiger partial charge >= 0.3 is 0 Å². The molecule has 4 rings (SSSR count). The van der Waals surface area contributed by atoms with Crippen LogP contribution >= 0.6 is 0 Å². The third kappa shape index (κ3) is 4.80. The highest BCUT2D eigenvalue weighted by molar-refractivity contribution is 7.85. The summed E-state index contributed by atoms with van der Waals surface area (Å²) in [6, 6.07) is 0. The van der Waals surface area contributed by atoms with Crippen LogP contribution in [-0.2, 0) is 14.9 Å². The van der Waals surface area contributed by atoms with E-state index in [1.165, 1.54) is 0 Å². The van der Waals surface area contributed by atoms with E-state index in [2.05, 4.69) is 26.1 Å². The maximum Gasteiger partial charge on any atom is 0.266 e. The first-order valence-electron chi connectivity index (χ1n) is 13.5. The van der Waals surface area contributed by atoms with Crippen molar-refractivity contribution in [2.45, 2.75) is 103 Å². The predicted molar refractivity (Wildman–Crippen MR) is 132 cm³/mol. The maximum absolute atomic E-state index is 12.3. The van der Waals surface area contributed by atoms with E-state index in [0.29, 0.717) is 18.8 Å². The van der Waals surface area contributed by atoms with Crippen molar-refractivity contribution < 1.29 is 33.1 Å². The minimum absolute atomic E-state index is 0.0180. The lowest BCUT2D eigenvalue weighted by molar-refractivity contribution is -0.254. The van der Waals surface area contributed by atoms with E-state index >= 15 is 0 Å². The molecule has 4 aliphatic carbocycles. The second kappa shape index (κ2) is 9.53. The van der Waals surface area contributed by atoms with Gasteiger partial charge in [-0.05, 0) is 92.8 Å². The zero-order valence-corrected chi connectivity index (χ0v) is 22.3. The molecule has 0 aromatic rings. The van der Waals surface area contributed by atoms with Gasteiger partial charge in [0.15, 0.2) is 0 Å². The van der Waals surface area contributed by atoms with Crippen molar-refractivity contribution >= 4 is 16.0 Å². The number of hydrogen-bond acceptors (Lipinski definition) is 6. The van der Waals surface area contributed by atoms with Crippen molar-refractivity contribution in [3.05, 3.63) is 0 Å². The lowest BCUT2D eigenvalue weighted by Crippen LogP contribution is -2.67. The number of rotatable bonds is 7. The fourth-order valence-corrected chi connectivity index (χ4v) is 9.54. The van der Waals surface area contributed by atoms with Crippen molar-refractivity contribution in [1.82, 2.24) is 5.32 Å². The van der Waals surface area contributed by atoms with Gasteiger partial charge in [0.05, 0.1) is 23.6 Å². The molecule has 5 unspecified atom stereocenters. The van der Waals surface area contributed by atoms with Crippen molar-refractivity contribution in [2.24, 2.45) is 40.4 Å². The molecule has 4 saturated carbocycles. The van der Waals surface area contributed by atoms with Crippen molar-refractivity contribution in [3.63, 3.8) is 0 Å². The van der Waals surface area contributed by atoms with Gasteiger partial charge < -0.3 is 20.6 Å². The van der Waals surface area contributed by atoms with Gasteiger partial charge in [0.2, 0.25) is 5.91 Å². The molecular weight excluding hydrogens is 470 g/mol. The fraction of sp³-hybridized carbons (Fsp3) is 0.962. The molecule has 0 spiro atoms. The highest BCUT2D eigenvalue weighted by Gasteiger charge is 2.69. The quantitative estimate of drug-likeness (QED) is 0.328. The summed E-state index contributed by atoms with van der Waals surface area (Å²) in [5.41, 5.74) is -1.27. The summed E-state index contributed by atoms with van der Waals surface area (Å²) >= 11 is 0. The van der Waals surface area contributed by atoms with Crippen LogP contribution in [0.4, 0.5) is 0 Å². The van der Waals surface area contributed by atoms with Crippen LogP contribution < -0.4 is 5.32 Å². The molecule has 0 radical (unpaired) electrons. The van der Waals surface area contributed by atoms with E-state index < -0.39 is 33.0 Å². The summed E-state index contributed by atoms with van der Waals surface area (Å²) in [5.74, 6) is 0.0702. The number of hydrogen-bond donors (Lipinski definition) is 5. The minimum Gasteiger partial charge on any atom is -0.393 e. The second-order valence-electron chi connectivity index (χ2n) is 12.7. The molecule has 4 aliphatic rings. The monoisotopic (exact) mass is 515 g/mol. The Balaban J connectivity index is 1.44. The third-order valence-electron chi connectivity index (χ3n) is 11.1. The molecular formula is C26H45NO7S. The predicted octanol–water partition coefficient (Wildman–Crippen LogP) is 2.51. The molecule has 0 heterocycles. The van der Waals surface area contributed by atoms with Crippen LogP contribution in [-0.4, -0.2) is 64.3 Å². The summed E-state index contributed by atoms with van der Waals surface area (Å²) in [4.78, 5) is 12.2. The van der Waals surface area contributed by atoms with Gasteiger partial charge in [0.1, 0.15) is 0 Å². The van der Waals surface area contributed by atoms with Gasteiger partial charge in [-0.15, -0.1) is 0 Å². The van der Waals surface area contributed by atoms with Crippen molar-refractivity contribution in [3.8, 4) is 0 Å². The number of nitrogens with one attached hydrogen (secondary N) is 1. The molecule has 9 heteroatoms. The van der Waals surface area contributed by atoms with Crippen LogP contribution in [0.25, 0.3) is 0 Å². The Morgan fingerprint density at radius 3 is 2.46 bits per heavy atom. The van der Waals surface area contributed by atoms with E-state index in [0.717, 1.165) is 44.9 Å². The Morgan fingerprint density at radius 2 is 1.77 bits per heavy atom. The Bertz CT molecular complexity index is 911. The molecule has 8 nitrogen and oxygen atoms in total. The first-order chi connectivity index (χ1) is 16.2. The molecule has 0 aliphatic heterocycles. The smallest absolute Gasteiger partial charge is 0.266 e. The highest BCUT2D eigenvalue weighted by Crippen LogP contribution is 2.69. The van der Waals surface area contributed by atoms with Crippen LogP contribution in [0.1, 0.15) is 85.0 Å². The first-order valence-corrected chi connectivity index (χ1v) is 15.1. The molecule has 1 amide bonds. The van der Waals surface area contributed by atoms with E-state index in [-0.39, 0.29) is 54.1 Å². The molecule has 0 aromatic heterocycles. The second-order valence-corrected chi connectivity index (χ2v) is 14.3. The number of fused-ring (bicyclic) bond motifs is 5. The van der Waals surface area contributed by atoms with Crippen molar-refractivity contribution in [1.29, 1.82) is 0 Å². The third-order valence-corrected chi connectivity index (χ3v) is 11.8. The lowest BCUT2D eigenvalue weighted by atomic mass is 9.42. The van der Waals surface area contributed by atoms with Crippen molar-refractivity contribution in [2.75, 3.05) is 12.3 Å². The van der Waals surface area contributed by atoms with Crippen LogP contribution in [0, 0.1) is 40.4 Å². The molecule has 4 fully saturated rings. The standard InChI is InChI=1S/C26H45NO7S/c1-16(4-7-23(30)27-12-13-35(32,33)34)19-5-6-20-25(19,3)22(29)15-21-24(2)10-9-18(28)14-17(24)8-11-26(20,21)31/h16-22,28-29,31H,4-15H2,1-3H3,(H,27,30)(H,32,33,34)/t16?,17?,18-,19?,20?,21?,22+,24+,25-,26+/m1/s1. The van der Waals surface area contributed by atoms with Crippen LogP contribution in [0.2, 0.25) is 0 Å². The molecule has 202 valence electrons. The maximum atomic E-state index is 12.3. The zero-order valence-electron chi connectivity index (χ0n) is 21.4. The normalized spacial score (nSPS) is 46.3. The average Bonchev–Trinajstić information content (AvgIpc) is 3.14. The summed E-state index contributed by atoms with van der Waals surface area (Å²) in [7, 11) is -4.10. The average molecular weight is 516 g/mol. The zero-order chi connectivity index (χ0) is 25.8. The first kappa shape index (κ1) is 27.3. The lowest BCUT2D eigenvalue weighted by Gasteiger charge is -2.65. The molecule has 0 saturated heterocycles. The summed E-state index contributed by atoms with van der Waals surface area (Å²) in [5, 5.41) is 36.7. The Kier molecular flexibility index (Phi) is 7.43. The topological polar surface area (TPSA) is 144 Å². The molecule has 10 atom stereocenters. The van der Waals surface area contributed by atoms with Crippen LogP contribution in [0.15, 0.2) is 0 Å². The van der Waals surface area contributed by atoms with Gasteiger partial charge in [-0.2, -0.15) is 8.42 Å². The van der Waals surface area contributed by atoms with Crippen LogP contribution in [0.3, 0.4) is 0 Å². The highest BCUT2D eigenvalue weighted by atomic mass is 32.2. The van der Waals surface area contributed by atoms with Gasteiger partial charge in [0, 0.05) is 18.4 Å². The summed E-state index contributed by atoms with van der Waals surface area (Å²) in [6.45, 7) is 6.44. The van der Waals surface area contributed by atoms with Gasteiger partial charge in [-0.25, -0.2) is 0 Å². The largest absolute Gasteiger partial charge is 0.393 e. The van der Waals surface area contributed by atoms with E-state index in [4.69, 9.17) is 4.55 Å². The van der Waals surface area contributed by atoms with E-state index in [1.54, 1.807) is 0 Å². The molecule has 0 aromatic carbocycles. The van der Waals surface area contributed by atoms with Gasteiger partial charge in [0.25, 0.3) is 10.1 Å². The molecule has 35 heavy (non-hydrogen) atoms. The van der Waals surface area contributed by atoms with E-state index in [9.17, 15) is 28.5 Å². The Hall–Kier alpha value is -0.740. The number of carbonyl (C=O) groups excluding carboxylic acids is 1. The Morgan fingerprint density at radius 1 is 1.06 bits per heavy atom. The summed E-state index contributed by atoms with van der Waals surface area (Å²) < 4.78 is 30.5. The minimum atomic E-state index is -4.10. The number of amides is 1. The molecule has 5 N–H and O–H groups in total. The summed E-state index contributed by atoms with van der Waals surface area (Å²) in [6.07, 6.45) is 6.61. The SMILES string of the molecule is CC(CCC(=O)NCCS(=O)(=O)O)C1CCC2[C@@]3(O)CCC4C[C@H](O)CC[C@]4(C)C3C[C@H](O)[C@]12C.